The summed E-state index contributed by atoms with van der Waals surface area (Å²) < 4.78 is 0.996. The number of unbranched alkanes of at least 4 members (excludes halogenated alkanes) is 1. The number of benzene rings is 2. The fourth-order valence-corrected chi connectivity index (χ4v) is 4.54. The first-order valence-electron chi connectivity index (χ1n) is 10.6. The summed E-state index contributed by atoms with van der Waals surface area (Å²) in [6.07, 6.45) is 1.57. The topological polar surface area (TPSA) is 103 Å². The Kier molecular flexibility index (Phi) is 6.99. The molecule has 1 aliphatic rings. The predicted molar refractivity (Wildman–Crippen MR) is 128 cm³/mol. The summed E-state index contributed by atoms with van der Waals surface area (Å²) in [5, 5.41) is 13.2. The standard InChI is InChI=1S/C23H21ClN6O2S/c1-2-20-27-18-10-9-17(13-19(18)33-20)26-21-28-22(31)29(12-4-3-11-25)23(32)30(21)14-15-5-7-16(24)8-6-15/h5-10,13H,2-4,12,14H2,1H3,(H,26,28,31)/p+1. The van der Waals surface area contributed by atoms with Crippen LogP contribution in [0, 0.1) is 11.3 Å². The summed E-state index contributed by atoms with van der Waals surface area (Å²) in [5.74, 6) is 0.170. The van der Waals surface area contributed by atoms with Gasteiger partial charge in [-0.05, 0) is 42.3 Å². The second-order valence-corrected chi connectivity index (χ2v) is 9.06. The van der Waals surface area contributed by atoms with E-state index in [0.29, 0.717) is 17.1 Å². The molecule has 8 nitrogen and oxygen atoms in total. The van der Waals surface area contributed by atoms with Gasteiger partial charge in [0.1, 0.15) is 0 Å². The number of hydrogen-bond acceptors (Lipinski definition) is 6. The molecule has 3 aromatic rings. The number of urea groups is 2. The number of aromatic nitrogens is 1. The van der Waals surface area contributed by atoms with Crippen LogP contribution in [0.1, 0.15) is 30.3 Å². The molecule has 10 heteroatoms. The van der Waals surface area contributed by atoms with E-state index in [-0.39, 0.29) is 30.4 Å². The minimum atomic E-state index is -0.476. The Bertz CT molecular complexity index is 1260. The minimum Gasteiger partial charge on any atom is -0.244 e. The van der Waals surface area contributed by atoms with Crippen molar-refractivity contribution in [3.05, 3.63) is 58.1 Å². The van der Waals surface area contributed by atoms with E-state index >= 15 is 0 Å². The Morgan fingerprint density at radius 2 is 2.03 bits per heavy atom. The molecule has 4 rings (SSSR count). The number of hydrogen-bond donors (Lipinski definition) is 2. The number of fused-ring (bicyclic) bond motifs is 1. The van der Waals surface area contributed by atoms with Gasteiger partial charge in [-0.25, -0.2) is 29.8 Å². The normalized spacial score (nSPS) is 17.4. The number of nitrogens with zero attached hydrogens (tertiary/aromatic N) is 4. The van der Waals surface area contributed by atoms with Crippen molar-refractivity contribution in [2.75, 3.05) is 6.54 Å². The maximum absolute atomic E-state index is 13.3. The second-order valence-electron chi connectivity index (χ2n) is 7.51. The van der Waals surface area contributed by atoms with Gasteiger partial charge in [0, 0.05) is 17.9 Å². The van der Waals surface area contributed by atoms with Crippen LogP contribution >= 0.6 is 22.9 Å². The number of quaternary nitrogens is 1. The third-order valence-corrected chi connectivity index (χ3v) is 6.60. The highest BCUT2D eigenvalue weighted by molar-refractivity contribution is 7.18. The molecule has 0 bridgehead atoms. The van der Waals surface area contributed by atoms with Crippen LogP contribution in [0.25, 0.3) is 10.2 Å². The number of nitriles is 1. The summed E-state index contributed by atoms with van der Waals surface area (Å²) in [6.45, 7) is 2.51. The van der Waals surface area contributed by atoms with Gasteiger partial charge in [0.15, 0.2) is 0 Å². The quantitative estimate of drug-likeness (QED) is 0.497. The van der Waals surface area contributed by atoms with Gasteiger partial charge in [0.05, 0.1) is 40.1 Å². The molecule has 0 aliphatic carbocycles. The third kappa shape index (κ3) is 5.20. The van der Waals surface area contributed by atoms with Crippen LogP contribution in [0.5, 0.6) is 0 Å². The van der Waals surface area contributed by atoms with Crippen LogP contribution in [-0.4, -0.2) is 34.5 Å². The molecular weight excluding hydrogens is 460 g/mol. The summed E-state index contributed by atoms with van der Waals surface area (Å²) in [4.78, 5) is 36.8. The lowest BCUT2D eigenvalue weighted by molar-refractivity contribution is -0.732. The van der Waals surface area contributed by atoms with Gasteiger partial charge >= 0.3 is 12.1 Å². The molecule has 168 valence electrons. The number of carbonyl (C=O) groups is 2. The first-order chi connectivity index (χ1) is 16.0. The number of nitrogens with one attached hydrogen (secondary N) is 2. The monoisotopic (exact) mass is 481 g/mol. The molecule has 2 aromatic carbocycles. The van der Waals surface area contributed by atoms with Crippen molar-refractivity contribution in [3.8, 4) is 6.07 Å². The van der Waals surface area contributed by atoms with Gasteiger partial charge in [-0.1, -0.05) is 30.7 Å². The molecule has 4 amide bonds. The Morgan fingerprint density at radius 3 is 2.76 bits per heavy atom. The summed E-state index contributed by atoms with van der Waals surface area (Å²) in [5.41, 5.74) is 2.36. The summed E-state index contributed by atoms with van der Waals surface area (Å²) >= 11 is 7.60. The molecule has 0 saturated carbocycles. The van der Waals surface area contributed by atoms with Gasteiger partial charge in [-0.3, -0.25) is 0 Å². The van der Waals surface area contributed by atoms with E-state index < -0.39 is 12.1 Å². The number of thiazole rings is 1. The molecule has 1 unspecified atom stereocenters. The van der Waals surface area contributed by atoms with Crippen molar-refractivity contribution < 1.29 is 14.5 Å². The maximum Gasteiger partial charge on any atom is 0.433 e. The van der Waals surface area contributed by atoms with E-state index in [1.807, 2.05) is 36.4 Å². The van der Waals surface area contributed by atoms with Gasteiger partial charge in [-0.15, -0.1) is 11.3 Å². The Balaban J connectivity index is 1.67. The smallest absolute Gasteiger partial charge is 0.244 e. The number of rotatable bonds is 7. The van der Waals surface area contributed by atoms with E-state index in [0.717, 1.165) is 27.2 Å². The average Bonchev–Trinajstić information content (AvgIpc) is 3.22. The molecule has 2 heterocycles. The number of carbonyl (C=O) groups excluding carboxylic acids is 2. The summed E-state index contributed by atoms with van der Waals surface area (Å²) in [6, 6.07) is 13.9. The minimum absolute atomic E-state index is 0.128. The lowest BCUT2D eigenvalue weighted by atomic mass is 10.2. The van der Waals surface area contributed by atoms with Crippen molar-refractivity contribution in [1.29, 1.82) is 5.26 Å². The van der Waals surface area contributed by atoms with E-state index in [2.05, 4.69) is 22.2 Å². The van der Waals surface area contributed by atoms with Crippen LogP contribution in [0.15, 0.2) is 47.5 Å². The van der Waals surface area contributed by atoms with Crippen molar-refractivity contribution in [2.24, 2.45) is 4.99 Å². The zero-order valence-electron chi connectivity index (χ0n) is 18.0. The van der Waals surface area contributed by atoms with Crippen molar-refractivity contribution in [1.82, 2.24) is 15.2 Å². The highest BCUT2D eigenvalue weighted by Crippen LogP contribution is 2.27. The number of amides is 4. The number of aryl methyl sites for hydroxylation is 1. The van der Waals surface area contributed by atoms with Crippen LogP contribution in [-0.2, 0) is 13.0 Å². The van der Waals surface area contributed by atoms with Crippen LogP contribution < -0.4 is 10.2 Å². The summed E-state index contributed by atoms with van der Waals surface area (Å²) in [7, 11) is 0. The molecule has 0 spiro atoms. The largest absolute Gasteiger partial charge is 0.433 e. The number of aliphatic imine (C=N–C) groups is 1. The first-order valence-corrected chi connectivity index (χ1v) is 11.8. The van der Waals surface area contributed by atoms with Gasteiger partial charge in [0.25, 0.3) is 0 Å². The Labute approximate surface area is 200 Å². The Hall–Kier alpha value is -3.32. The molecule has 0 radical (unpaired) electrons. The fraction of sp³-hybridized carbons (Fsp3) is 0.261. The highest BCUT2D eigenvalue weighted by Gasteiger charge is 2.41. The number of guanidine groups is 1. The SMILES string of the molecule is CCc1nc2ccc(N=C3NC(=O)[NH+](CCCC#N)C(=O)N3Cc3ccc(Cl)cc3)cc2s1. The van der Waals surface area contributed by atoms with Crippen molar-refractivity contribution >= 4 is 56.9 Å². The van der Waals surface area contributed by atoms with Gasteiger partial charge < -0.3 is 0 Å². The zero-order valence-corrected chi connectivity index (χ0v) is 19.5. The molecule has 1 saturated heterocycles. The lowest BCUT2D eigenvalue weighted by Crippen LogP contribution is -3.21. The van der Waals surface area contributed by atoms with Crippen molar-refractivity contribution in [2.45, 2.75) is 32.7 Å². The third-order valence-electron chi connectivity index (χ3n) is 5.18. The van der Waals surface area contributed by atoms with Crippen LogP contribution in [0.2, 0.25) is 5.02 Å². The van der Waals surface area contributed by atoms with Crippen LogP contribution in [0.3, 0.4) is 0 Å². The van der Waals surface area contributed by atoms with Crippen molar-refractivity contribution in [3.63, 3.8) is 0 Å². The Morgan fingerprint density at radius 1 is 1.24 bits per heavy atom. The van der Waals surface area contributed by atoms with Gasteiger partial charge in [-0.2, -0.15) is 10.2 Å². The number of imide groups is 1. The fourth-order valence-electron chi connectivity index (χ4n) is 3.48. The molecule has 1 aromatic heterocycles. The predicted octanol–water partition coefficient (Wildman–Crippen LogP) is 4.03. The van der Waals surface area contributed by atoms with Gasteiger partial charge in [0.2, 0.25) is 5.96 Å². The van der Waals surface area contributed by atoms with E-state index in [4.69, 9.17) is 16.9 Å². The lowest BCUT2D eigenvalue weighted by Gasteiger charge is -2.30. The molecule has 1 fully saturated rings. The molecule has 2 N–H and O–H groups in total. The molecule has 33 heavy (non-hydrogen) atoms. The zero-order chi connectivity index (χ0) is 23.4. The van der Waals surface area contributed by atoms with E-state index in [1.54, 1.807) is 23.5 Å². The van der Waals surface area contributed by atoms with E-state index in [9.17, 15) is 9.59 Å². The average molecular weight is 482 g/mol. The number of halogens is 1. The molecule has 1 atom stereocenters. The van der Waals surface area contributed by atoms with Crippen LogP contribution in [0.4, 0.5) is 15.3 Å². The molecule has 1 aliphatic heterocycles. The first kappa shape index (κ1) is 22.9. The maximum atomic E-state index is 13.3. The highest BCUT2D eigenvalue weighted by atomic mass is 35.5. The van der Waals surface area contributed by atoms with E-state index in [1.165, 1.54) is 4.90 Å². The second kappa shape index (κ2) is 10.1. The molecular formula is C23H22ClN6O2S+.